The fraction of sp³-hybridized carbons (Fsp3) is 0.400. The van der Waals surface area contributed by atoms with Crippen molar-refractivity contribution in [3.05, 3.63) is 0 Å². The van der Waals surface area contributed by atoms with Gasteiger partial charge in [-0.15, -0.1) is 0 Å². The van der Waals surface area contributed by atoms with Crippen molar-refractivity contribution in [3.63, 3.8) is 0 Å². The zero-order valence-corrected chi connectivity index (χ0v) is 5.50. The topological polar surface area (TPSA) is 82.7 Å². The Bertz CT molecular complexity index is 164. The summed E-state index contributed by atoms with van der Waals surface area (Å²) in [5.41, 5.74) is -0.468. The van der Waals surface area contributed by atoms with Crippen molar-refractivity contribution in [2.75, 3.05) is 6.61 Å². The lowest BCUT2D eigenvalue weighted by atomic mass is 10.4. The molecule has 0 unspecified atom stereocenters. The Morgan fingerprint density at radius 1 is 1.90 bits per heavy atom. The molecule has 5 nitrogen and oxygen atoms in total. The van der Waals surface area contributed by atoms with E-state index in [0.29, 0.717) is 6.21 Å². The molecule has 0 bridgehead atoms. The number of oxime groups is 1. The molecule has 0 radical (unpaired) electrons. The molecule has 0 spiro atoms. The average molecular weight is 144 g/mol. The predicted molar refractivity (Wildman–Crippen MR) is 34.6 cm³/mol. The summed E-state index contributed by atoms with van der Waals surface area (Å²) in [6, 6.07) is 0. The van der Waals surface area contributed by atoms with Crippen LogP contribution < -0.4 is 0 Å². The zero-order valence-electron chi connectivity index (χ0n) is 5.50. The van der Waals surface area contributed by atoms with E-state index in [2.05, 4.69) is 9.89 Å². The van der Waals surface area contributed by atoms with Gasteiger partial charge in [-0.2, -0.15) is 0 Å². The molecule has 0 heterocycles. The SMILES string of the molecule is CCOC(=O)C(=N)/C=N/O. The third kappa shape index (κ3) is 2.81. The Hall–Kier alpha value is -1.39. The van der Waals surface area contributed by atoms with Crippen LogP contribution in [-0.4, -0.2) is 29.7 Å². The number of rotatable bonds is 3. The van der Waals surface area contributed by atoms with Crippen molar-refractivity contribution >= 4 is 17.9 Å². The van der Waals surface area contributed by atoms with Gasteiger partial charge in [0.15, 0.2) is 5.71 Å². The molecule has 0 saturated carbocycles. The van der Waals surface area contributed by atoms with Crippen molar-refractivity contribution in [2.45, 2.75) is 6.92 Å². The number of hydrogen-bond acceptors (Lipinski definition) is 5. The Morgan fingerprint density at radius 3 is 2.90 bits per heavy atom. The third-order valence-electron chi connectivity index (χ3n) is 0.682. The highest BCUT2D eigenvalue weighted by molar-refractivity contribution is 6.58. The summed E-state index contributed by atoms with van der Waals surface area (Å²) < 4.78 is 4.39. The van der Waals surface area contributed by atoms with Gasteiger partial charge in [-0.3, -0.25) is 5.41 Å². The van der Waals surface area contributed by atoms with Gasteiger partial charge in [-0.05, 0) is 6.92 Å². The second-order valence-corrected chi connectivity index (χ2v) is 1.38. The second-order valence-electron chi connectivity index (χ2n) is 1.38. The van der Waals surface area contributed by atoms with Crippen molar-refractivity contribution in [2.24, 2.45) is 5.16 Å². The number of nitrogens with zero attached hydrogens (tertiary/aromatic N) is 1. The molecule has 56 valence electrons. The van der Waals surface area contributed by atoms with E-state index in [1.807, 2.05) is 0 Å². The van der Waals surface area contributed by atoms with E-state index in [1.54, 1.807) is 6.92 Å². The summed E-state index contributed by atoms with van der Waals surface area (Å²) in [5.74, 6) is -0.791. The first-order valence-electron chi connectivity index (χ1n) is 2.65. The van der Waals surface area contributed by atoms with Gasteiger partial charge in [0.1, 0.15) is 0 Å². The Labute approximate surface area is 57.8 Å². The molecule has 0 aliphatic carbocycles. The molecule has 0 aromatic rings. The van der Waals surface area contributed by atoms with E-state index in [4.69, 9.17) is 10.6 Å². The summed E-state index contributed by atoms with van der Waals surface area (Å²) >= 11 is 0. The Balaban J connectivity index is 3.83. The zero-order chi connectivity index (χ0) is 7.98. The standard InChI is InChI=1S/C5H8N2O3/c1-2-10-5(8)4(6)3-7-9/h3,6,9H,2H2,1H3/b6-4?,7-3+. The van der Waals surface area contributed by atoms with E-state index in [1.165, 1.54) is 0 Å². The first kappa shape index (κ1) is 8.61. The molecule has 10 heavy (non-hydrogen) atoms. The number of carbonyl (C=O) groups excluding carboxylic acids is 1. The Kier molecular flexibility index (Phi) is 3.86. The predicted octanol–water partition coefficient (Wildman–Crippen LogP) is 0.0293. The van der Waals surface area contributed by atoms with E-state index in [0.717, 1.165) is 0 Å². The van der Waals surface area contributed by atoms with Gasteiger partial charge in [-0.25, -0.2) is 4.79 Å². The van der Waals surface area contributed by atoms with E-state index >= 15 is 0 Å². The lowest BCUT2D eigenvalue weighted by Crippen LogP contribution is -2.17. The molecule has 2 N–H and O–H groups in total. The fourth-order valence-electron chi connectivity index (χ4n) is 0.319. The van der Waals surface area contributed by atoms with E-state index in [9.17, 15) is 4.79 Å². The summed E-state index contributed by atoms with van der Waals surface area (Å²) in [7, 11) is 0. The lowest BCUT2D eigenvalue weighted by molar-refractivity contribution is -0.134. The maximum Gasteiger partial charge on any atom is 0.357 e. The summed E-state index contributed by atoms with van der Waals surface area (Å²) in [6.45, 7) is 1.84. The number of ether oxygens (including phenoxy) is 1. The average Bonchev–Trinajstić information content (AvgIpc) is 1.89. The minimum atomic E-state index is -0.791. The van der Waals surface area contributed by atoms with Gasteiger partial charge in [0.25, 0.3) is 0 Å². The second kappa shape index (κ2) is 4.49. The maximum atomic E-state index is 10.5. The number of hydrogen-bond donors (Lipinski definition) is 2. The van der Waals surface area contributed by atoms with Crippen LogP contribution in [0.3, 0.4) is 0 Å². The smallest absolute Gasteiger partial charge is 0.357 e. The Morgan fingerprint density at radius 2 is 2.50 bits per heavy atom. The lowest BCUT2D eigenvalue weighted by Gasteiger charge is -1.95. The molecular weight excluding hydrogens is 136 g/mol. The molecule has 0 aromatic heterocycles. The number of carbonyl (C=O) groups is 1. The van der Waals surface area contributed by atoms with Gasteiger partial charge < -0.3 is 9.94 Å². The van der Waals surface area contributed by atoms with Crippen LogP contribution in [0.1, 0.15) is 6.92 Å². The van der Waals surface area contributed by atoms with Crippen LogP contribution in [0.5, 0.6) is 0 Å². The van der Waals surface area contributed by atoms with Gasteiger partial charge in [0, 0.05) is 0 Å². The van der Waals surface area contributed by atoms with Crippen LogP contribution in [0.2, 0.25) is 0 Å². The number of nitrogens with one attached hydrogen (secondary N) is 1. The molecule has 0 aliphatic rings. The van der Waals surface area contributed by atoms with Crippen LogP contribution in [-0.2, 0) is 9.53 Å². The van der Waals surface area contributed by atoms with Gasteiger partial charge >= 0.3 is 5.97 Å². The minimum Gasteiger partial charge on any atom is -0.461 e. The van der Waals surface area contributed by atoms with Crippen LogP contribution in [0.4, 0.5) is 0 Å². The molecule has 0 atom stereocenters. The van der Waals surface area contributed by atoms with Gasteiger partial charge in [0.05, 0.1) is 12.8 Å². The van der Waals surface area contributed by atoms with Gasteiger partial charge in [-0.1, -0.05) is 5.16 Å². The number of esters is 1. The van der Waals surface area contributed by atoms with Gasteiger partial charge in [0.2, 0.25) is 0 Å². The van der Waals surface area contributed by atoms with Crippen LogP contribution in [0.25, 0.3) is 0 Å². The van der Waals surface area contributed by atoms with Crippen molar-refractivity contribution < 1.29 is 14.7 Å². The first-order valence-corrected chi connectivity index (χ1v) is 2.65. The normalized spacial score (nSPS) is 9.70. The van der Waals surface area contributed by atoms with Crippen molar-refractivity contribution in [1.29, 1.82) is 5.41 Å². The van der Waals surface area contributed by atoms with Crippen LogP contribution >= 0.6 is 0 Å². The van der Waals surface area contributed by atoms with Crippen molar-refractivity contribution in [3.8, 4) is 0 Å². The minimum absolute atomic E-state index is 0.209. The highest BCUT2D eigenvalue weighted by Gasteiger charge is 2.05. The molecule has 0 amide bonds. The third-order valence-corrected chi connectivity index (χ3v) is 0.682. The van der Waals surface area contributed by atoms with E-state index in [-0.39, 0.29) is 6.61 Å². The largest absolute Gasteiger partial charge is 0.461 e. The molecule has 0 aromatic carbocycles. The van der Waals surface area contributed by atoms with Crippen LogP contribution in [0, 0.1) is 5.41 Å². The quantitative estimate of drug-likeness (QED) is 0.253. The molecule has 0 saturated heterocycles. The van der Waals surface area contributed by atoms with E-state index < -0.39 is 11.7 Å². The molecule has 0 aliphatic heterocycles. The fourth-order valence-corrected chi connectivity index (χ4v) is 0.319. The summed E-state index contributed by atoms with van der Waals surface area (Å²) in [6.07, 6.45) is 0.706. The molecule has 0 rings (SSSR count). The van der Waals surface area contributed by atoms with Crippen LogP contribution in [0.15, 0.2) is 5.16 Å². The molecular formula is C5H8N2O3. The molecule has 0 fully saturated rings. The molecule has 5 heteroatoms. The maximum absolute atomic E-state index is 10.5. The summed E-state index contributed by atoms with van der Waals surface area (Å²) in [5, 5.41) is 17.2. The first-order chi connectivity index (χ1) is 4.72. The highest BCUT2D eigenvalue weighted by Crippen LogP contribution is 1.78. The summed E-state index contributed by atoms with van der Waals surface area (Å²) in [4.78, 5) is 10.5. The monoisotopic (exact) mass is 144 g/mol. The van der Waals surface area contributed by atoms with Crippen molar-refractivity contribution in [1.82, 2.24) is 0 Å². The highest BCUT2D eigenvalue weighted by atomic mass is 16.5.